The summed E-state index contributed by atoms with van der Waals surface area (Å²) in [5.74, 6) is -0.954. The topological polar surface area (TPSA) is 108 Å². The summed E-state index contributed by atoms with van der Waals surface area (Å²) in [5, 5.41) is 2.58. The van der Waals surface area contributed by atoms with E-state index in [-0.39, 0.29) is 17.9 Å². The smallest absolute Gasteiger partial charge is 0.407 e. The number of aryl methyl sites for hydroxylation is 1. The molecule has 0 bridgehead atoms. The highest BCUT2D eigenvalue weighted by atomic mass is 32.2. The molecular formula is C26H27NO7S. The lowest BCUT2D eigenvalue weighted by molar-refractivity contribution is -0.150. The fourth-order valence-corrected chi connectivity index (χ4v) is 4.37. The second-order valence-corrected chi connectivity index (χ2v) is 9.38. The van der Waals surface area contributed by atoms with Gasteiger partial charge in [0.2, 0.25) is 0 Å². The Labute approximate surface area is 205 Å². The van der Waals surface area contributed by atoms with Crippen LogP contribution in [0.3, 0.4) is 0 Å². The molecule has 184 valence electrons. The van der Waals surface area contributed by atoms with Crippen LogP contribution in [0.15, 0.2) is 89.8 Å². The van der Waals surface area contributed by atoms with E-state index in [4.69, 9.17) is 13.7 Å². The largest absolute Gasteiger partial charge is 0.467 e. The van der Waals surface area contributed by atoms with Crippen LogP contribution in [-0.4, -0.2) is 39.7 Å². The highest BCUT2D eigenvalue weighted by Gasteiger charge is 2.37. The molecule has 9 heteroatoms. The molecule has 1 amide bonds. The minimum Gasteiger partial charge on any atom is -0.467 e. The zero-order valence-corrected chi connectivity index (χ0v) is 20.2. The van der Waals surface area contributed by atoms with E-state index in [1.165, 1.54) is 12.1 Å². The lowest BCUT2D eigenvalue weighted by Crippen LogP contribution is -2.50. The maximum Gasteiger partial charge on any atom is 0.407 e. The minimum atomic E-state index is -4.35. The van der Waals surface area contributed by atoms with E-state index in [1.807, 2.05) is 31.2 Å². The zero-order valence-electron chi connectivity index (χ0n) is 19.4. The highest BCUT2D eigenvalue weighted by molar-refractivity contribution is 7.86. The SMILES string of the molecule is COC(=O)[C@H](OS(=O)(=O)c1ccc(C)cc1)[C@H](Cc1ccccc1)NC(=O)OCc1ccccc1. The maximum absolute atomic E-state index is 13.0. The average Bonchev–Trinajstić information content (AvgIpc) is 2.87. The van der Waals surface area contributed by atoms with Gasteiger partial charge in [0.1, 0.15) is 6.61 Å². The number of hydrogen-bond donors (Lipinski definition) is 1. The number of rotatable bonds is 10. The molecule has 1 N–H and O–H groups in total. The molecule has 0 aliphatic heterocycles. The summed E-state index contributed by atoms with van der Waals surface area (Å²) in [5.41, 5.74) is 2.37. The number of ether oxygens (including phenoxy) is 2. The molecule has 0 unspecified atom stereocenters. The number of methoxy groups -OCH3 is 1. The Hall–Kier alpha value is -3.69. The molecule has 3 aromatic carbocycles. The molecule has 0 spiro atoms. The fourth-order valence-electron chi connectivity index (χ4n) is 3.30. The van der Waals surface area contributed by atoms with E-state index in [0.29, 0.717) is 0 Å². The van der Waals surface area contributed by atoms with E-state index in [1.54, 1.807) is 48.5 Å². The second kappa shape index (κ2) is 12.1. The van der Waals surface area contributed by atoms with Gasteiger partial charge in [-0.15, -0.1) is 0 Å². The van der Waals surface area contributed by atoms with Crippen LogP contribution >= 0.6 is 0 Å². The monoisotopic (exact) mass is 497 g/mol. The van der Waals surface area contributed by atoms with Gasteiger partial charge in [-0.1, -0.05) is 78.4 Å². The van der Waals surface area contributed by atoms with E-state index in [2.05, 4.69) is 5.32 Å². The van der Waals surface area contributed by atoms with E-state index in [0.717, 1.165) is 23.8 Å². The summed E-state index contributed by atoms with van der Waals surface area (Å²) in [6, 6.07) is 22.9. The van der Waals surface area contributed by atoms with Crippen LogP contribution in [0.5, 0.6) is 0 Å². The Morgan fingerprint density at radius 3 is 2.00 bits per heavy atom. The van der Waals surface area contributed by atoms with Gasteiger partial charge >= 0.3 is 12.1 Å². The Morgan fingerprint density at radius 2 is 1.43 bits per heavy atom. The molecule has 0 fully saturated rings. The number of hydrogen-bond acceptors (Lipinski definition) is 7. The molecule has 0 aliphatic carbocycles. The number of carbonyl (C=O) groups is 2. The minimum absolute atomic E-state index is 0.00383. The predicted octanol–water partition coefficient (Wildman–Crippen LogP) is 3.78. The van der Waals surface area contributed by atoms with Crippen molar-refractivity contribution in [2.24, 2.45) is 0 Å². The Morgan fingerprint density at radius 1 is 0.857 bits per heavy atom. The van der Waals surface area contributed by atoms with Crippen LogP contribution in [0, 0.1) is 6.92 Å². The molecule has 0 heterocycles. The van der Waals surface area contributed by atoms with E-state index >= 15 is 0 Å². The Kier molecular flexibility index (Phi) is 8.99. The fraction of sp³-hybridized carbons (Fsp3) is 0.231. The molecule has 8 nitrogen and oxygen atoms in total. The number of nitrogens with one attached hydrogen (secondary N) is 1. The van der Waals surface area contributed by atoms with Crippen molar-refractivity contribution in [3.8, 4) is 0 Å². The van der Waals surface area contributed by atoms with Crippen LogP contribution in [0.1, 0.15) is 16.7 Å². The summed E-state index contributed by atoms with van der Waals surface area (Å²) in [4.78, 5) is 25.2. The molecule has 35 heavy (non-hydrogen) atoms. The lowest BCUT2D eigenvalue weighted by Gasteiger charge is -2.26. The summed E-state index contributed by atoms with van der Waals surface area (Å²) >= 11 is 0. The van der Waals surface area contributed by atoms with Crippen molar-refractivity contribution in [1.29, 1.82) is 0 Å². The Bertz CT molecular complexity index is 1210. The number of carbonyl (C=O) groups excluding carboxylic acids is 2. The lowest BCUT2D eigenvalue weighted by atomic mass is 10.0. The molecule has 0 radical (unpaired) electrons. The third kappa shape index (κ3) is 7.66. The first-order valence-electron chi connectivity index (χ1n) is 10.9. The number of benzene rings is 3. The van der Waals surface area contributed by atoms with Crippen LogP contribution in [0.4, 0.5) is 4.79 Å². The van der Waals surface area contributed by atoms with Gasteiger partial charge in [0.15, 0.2) is 6.10 Å². The standard InChI is InChI=1S/C26H27NO7S/c1-19-13-15-22(16-14-19)35(30,31)34-24(25(28)32-2)23(17-20-9-5-3-6-10-20)27-26(29)33-18-21-11-7-4-8-12-21/h3-16,23-24H,17-18H2,1-2H3,(H,27,29)/t23-,24+/m0/s1. The molecule has 3 rings (SSSR count). The van der Waals surface area contributed by atoms with E-state index < -0.39 is 34.3 Å². The molecule has 0 aliphatic rings. The zero-order chi connectivity index (χ0) is 25.3. The molecule has 3 aromatic rings. The molecule has 0 saturated heterocycles. The van der Waals surface area contributed by atoms with Gasteiger partial charge in [-0.05, 0) is 36.6 Å². The summed E-state index contributed by atoms with van der Waals surface area (Å²) in [6.07, 6.45) is -2.40. The highest BCUT2D eigenvalue weighted by Crippen LogP contribution is 2.19. The molecular weight excluding hydrogens is 470 g/mol. The van der Waals surface area contributed by atoms with Crippen molar-refractivity contribution in [1.82, 2.24) is 5.32 Å². The van der Waals surface area contributed by atoms with Gasteiger partial charge in [0.05, 0.1) is 18.0 Å². The average molecular weight is 498 g/mol. The van der Waals surface area contributed by atoms with Crippen molar-refractivity contribution in [2.45, 2.75) is 37.0 Å². The van der Waals surface area contributed by atoms with Gasteiger partial charge in [0.25, 0.3) is 10.1 Å². The first-order valence-corrected chi connectivity index (χ1v) is 12.3. The maximum atomic E-state index is 13.0. The quantitative estimate of drug-likeness (QED) is 0.335. The number of alkyl carbamates (subject to hydrolysis) is 1. The van der Waals surface area contributed by atoms with Gasteiger partial charge in [0, 0.05) is 0 Å². The van der Waals surface area contributed by atoms with Crippen LogP contribution < -0.4 is 5.32 Å². The van der Waals surface area contributed by atoms with Gasteiger partial charge in [-0.25, -0.2) is 13.8 Å². The predicted molar refractivity (Wildman–Crippen MR) is 129 cm³/mol. The molecule has 0 saturated carbocycles. The molecule has 2 atom stereocenters. The number of amides is 1. The summed E-state index contributed by atoms with van der Waals surface area (Å²) < 4.78 is 41.4. The summed E-state index contributed by atoms with van der Waals surface area (Å²) in [6.45, 7) is 1.81. The van der Waals surface area contributed by atoms with Gasteiger partial charge in [-0.2, -0.15) is 8.42 Å². The normalized spacial score (nSPS) is 12.9. The van der Waals surface area contributed by atoms with Gasteiger partial charge < -0.3 is 14.8 Å². The van der Waals surface area contributed by atoms with Crippen LogP contribution in [0.25, 0.3) is 0 Å². The van der Waals surface area contributed by atoms with Crippen molar-refractivity contribution in [2.75, 3.05) is 7.11 Å². The van der Waals surface area contributed by atoms with Crippen molar-refractivity contribution in [3.63, 3.8) is 0 Å². The first-order chi connectivity index (χ1) is 16.8. The third-order valence-corrected chi connectivity index (χ3v) is 6.46. The third-order valence-electron chi connectivity index (χ3n) is 5.15. The van der Waals surface area contributed by atoms with Crippen LogP contribution in [-0.2, 0) is 41.6 Å². The van der Waals surface area contributed by atoms with Crippen molar-refractivity contribution in [3.05, 3.63) is 102 Å². The van der Waals surface area contributed by atoms with Gasteiger partial charge in [-0.3, -0.25) is 0 Å². The molecule has 0 aromatic heterocycles. The van der Waals surface area contributed by atoms with Crippen molar-refractivity contribution >= 4 is 22.2 Å². The van der Waals surface area contributed by atoms with E-state index in [9.17, 15) is 18.0 Å². The number of esters is 1. The van der Waals surface area contributed by atoms with Crippen LogP contribution in [0.2, 0.25) is 0 Å². The first kappa shape index (κ1) is 25.9. The second-order valence-electron chi connectivity index (χ2n) is 7.81. The summed E-state index contributed by atoms with van der Waals surface area (Å²) in [7, 11) is -3.24. The van der Waals surface area contributed by atoms with Crippen molar-refractivity contribution < 1.29 is 31.7 Å². The Balaban J connectivity index is 1.85.